The van der Waals surface area contributed by atoms with Crippen molar-refractivity contribution in [3.63, 3.8) is 0 Å². The van der Waals surface area contributed by atoms with E-state index >= 15 is 0 Å². The molecular formula is C22H29N3O2. The molecule has 27 heavy (non-hydrogen) atoms. The number of hydrogen-bond donors (Lipinski definition) is 0. The van der Waals surface area contributed by atoms with Crippen LogP contribution in [0.2, 0.25) is 0 Å². The molecule has 1 aromatic carbocycles. The second kappa shape index (κ2) is 8.98. The molecular weight excluding hydrogens is 338 g/mol. The van der Waals surface area contributed by atoms with Gasteiger partial charge in [0.2, 0.25) is 0 Å². The molecule has 0 N–H and O–H groups in total. The van der Waals surface area contributed by atoms with Crippen LogP contribution < -0.4 is 5.56 Å². The van der Waals surface area contributed by atoms with Crippen molar-refractivity contribution in [2.45, 2.75) is 52.5 Å². The van der Waals surface area contributed by atoms with E-state index in [0.29, 0.717) is 18.2 Å². The summed E-state index contributed by atoms with van der Waals surface area (Å²) in [4.78, 5) is 26.4. The van der Waals surface area contributed by atoms with Gasteiger partial charge in [-0.1, -0.05) is 36.8 Å². The van der Waals surface area contributed by atoms with E-state index in [4.69, 9.17) is 0 Å². The zero-order valence-electron chi connectivity index (χ0n) is 16.4. The third-order valence-electron chi connectivity index (χ3n) is 5.38. The second-order valence-electron chi connectivity index (χ2n) is 7.54. The molecule has 0 spiro atoms. The summed E-state index contributed by atoms with van der Waals surface area (Å²) < 4.78 is 1.39. The minimum Gasteiger partial charge on any atom is -0.337 e. The summed E-state index contributed by atoms with van der Waals surface area (Å²) in [6.07, 6.45) is 5.16. The third kappa shape index (κ3) is 5.06. The number of piperidine rings is 1. The summed E-state index contributed by atoms with van der Waals surface area (Å²) in [6.45, 7) is 6.18. The van der Waals surface area contributed by atoms with E-state index in [2.05, 4.69) is 36.3 Å². The summed E-state index contributed by atoms with van der Waals surface area (Å²) in [6, 6.07) is 11.8. The lowest BCUT2D eigenvalue weighted by atomic mass is 9.90. The number of hydrogen-bond acceptors (Lipinski definition) is 3. The fourth-order valence-corrected chi connectivity index (χ4v) is 3.65. The Balaban J connectivity index is 1.52. The molecule has 0 radical (unpaired) electrons. The zero-order chi connectivity index (χ0) is 19.2. The van der Waals surface area contributed by atoms with Gasteiger partial charge in [-0.3, -0.25) is 9.59 Å². The summed E-state index contributed by atoms with van der Waals surface area (Å²) >= 11 is 0. The molecule has 5 heteroatoms. The number of carbonyl (C=O) groups excluding carboxylic acids is 1. The number of likely N-dealkylation sites (tertiary alicyclic amines) is 1. The first-order valence-electron chi connectivity index (χ1n) is 10.00. The first kappa shape index (κ1) is 19.3. The van der Waals surface area contributed by atoms with Crippen LogP contribution in [0.25, 0.3) is 0 Å². The van der Waals surface area contributed by atoms with Crippen LogP contribution in [0.5, 0.6) is 0 Å². The van der Waals surface area contributed by atoms with Crippen molar-refractivity contribution in [3.05, 3.63) is 63.6 Å². The van der Waals surface area contributed by atoms with Crippen molar-refractivity contribution >= 4 is 5.91 Å². The molecule has 1 aliphatic rings. The Bertz CT molecular complexity index is 818. The third-order valence-corrected chi connectivity index (χ3v) is 5.38. The number of rotatable bonds is 6. The Morgan fingerprint density at radius 3 is 2.48 bits per heavy atom. The minimum absolute atomic E-state index is 0.0585. The number of amides is 1. The van der Waals surface area contributed by atoms with Crippen molar-refractivity contribution in [2.75, 3.05) is 13.1 Å². The quantitative estimate of drug-likeness (QED) is 0.786. The Hall–Kier alpha value is -2.43. The van der Waals surface area contributed by atoms with Gasteiger partial charge in [0.25, 0.3) is 11.5 Å². The van der Waals surface area contributed by atoms with Crippen LogP contribution in [-0.4, -0.2) is 33.7 Å². The average molecular weight is 367 g/mol. The molecule has 144 valence electrons. The lowest BCUT2D eigenvalue weighted by molar-refractivity contribution is 0.0678. The Morgan fingerprint density at radius 2 is 1.81 bits per heavy atom. The maximum atomic E-state index is 12.7. The Morgan fingerprint density at radius 1 is 1.11 bits per heavy atom. The van der Waals surface area contributed by atoms with Crippen molar-refractivity contribution < 1.29 is 4.79 Å². The monoisotopic (exact) mass is 367 g/mol. The van der Waals surface area contributed by atoms with E-state index in [-0.39, 0.29) is 11.5 Å². The standard InChI is InChI=1S/C22H29N3O2/c1-3-14-25-21(26)11-10-20(23-25)22(27)24-15-12-19(13-16-24)9-8-18-6-4-17(2)5-7-18/h4-7,10-11,19H,3,8-9,12-16H2,1-2H3. The maximum absolute atomic E-state index is 12.7. The highest BCUT2D eigenvalue weighted by Crippen LogP contribution is 2.23. The van der Waals surface area contributed by atoms with E-state index < -0.39 is 0 Å². The van der Waals surface area contributed by atoms with Gasteiger partial charge in [0.1, 0.15) is 5.69 Å². The van der Waals surface area contributed by atoms with Gasteiger partial charge in [0, 0.05) is 25.7 Å². The van der Waals surface area contributed by atoms with E-state index in [1.54, 1.807) is 6.07 Å². The number of carbonyl (C=O) groups is 1. The van der Waals surface area contributed by atoms with Crippen molar-refractivity contribution in [2.24, 2.45) is 5.92 Å². The summed E-state index contributed by atoms with van der Waals surface area (Å²) in [5.41, 5.74) is 2.91. The molecule has 3 rings (SSSR count). The van der Waals surface area contributed by atoms with Gasteiger partial charge in [-0.15, -0.1) is 0 Å². The van der Waals surface area contributed by atoms with E-state index in [1.807, 2.05) is 11.8 Å². The van der Waals surface area contributed by atoms with Crippen molar-refractivity contribution in [3.8, 4) is 0 Å². The van der Waals surface area contributed by atoms with Crippen LogP contribution in [0.4, 0.5) is 0 Å². The highest BCUT2D eigenvalue weighted by atomic mass is 16.2. The zero-order valence-corrected chi connectivity index (χ0v) is 16.4. The first-order chi connectivity index (χ1) is 13.1. The highest BCUT2D eigenvalue weighted by Gasteiger charge is 2.24. The molecule has 2 aromatic rings. The minimum atomic E-state index is -0.150. The fourth-order valence-electron chi connectivity index (χ4n) is 3.65. The molecule has 0 aliphatic carbocycles. The Labute approximate surface area is 161 Å². The van der Waals surface area contributed by atoms with E-state index in [1.165, 1.54) is 28.3 Å². The lowest BCUT2D eigenvalue weighted by Gasteiger charge is -2.32. The summed E-state index contributed by atoms with van der Waals surface area (Å²) in [5.74, 6) is 0.606. The summed E-state index contributed by atoms with van der Waals surface area (Å²) in [7, 11) is 0. The van der Waals surface area contributed by atoms with Gasteiger partial charge in [-0.05, 0) is 56.6 Å². The molecule has 2 heterocycles. The van der Waals surface area contributed by atoms with Crippen LogP contribution in [0, 0.1) is 12.8 Å². The SMILES string of the molecule is CCCn1nc(C(=O)N2CCC(CCc3ccc(C)cc3)CC2)ccc1=O. The number of benzene rings is 1. The van der Waals surface area contributed by atoms with Gasteiger partial charge >= 0.3 is 0 Å². The molecule has 1 saturated heterocycles. The topological polar surface area (TPSA) is 55.2 Å². The van der Waals surface area contributed by atoms with Crippen LogP contribution in [0.1, 0.15) is 54.2 Å². The molecule has 0 bridgehead atoms. The second-order valence-corrected chi connectivity index (χ2v) is 7.54. The van der Waals surface area contributed by atoms with E-state index in [9.17, 15) is 9.59 Å². The number of aryl methyl sites for hydroxylation is 3. The molecule has 1 aliphatic heterocycles. The van der Waals surface area contributed by atoms with Gasteiger partial charge in [0.15, 0.2) is 0 Å². The smallest absolute Gasteiger partial charge is 0.274 e. The molecule has 5 nitrogen and oxygen atoms in total. The predicted molar refractivity (Wildman–Crippen MR) is 107 cm³/mol. The van der Waals surface area contributed by atoms with Gasteiger partial charge in [-0.2, -0.15) is 5.10 Å². The normalized spacial score (nSPS) is 15.1. The average Bonchev–Trinajstić information content (AvgIpc) is 2.69. The molecule has 0 saturated carbocycles. The largest absolute Gasteiger partial charge is 0.337 e. The predicted octanol–water partition coefficient (Wildman–Crippen LogP) is 3.45. The first-order valence-corrected chi connectivity index (χ1v) is 10.00. The highest BCUT2D eigenvalue weighted by molar-refractivity contribution is 5.92. The van der Waals surface area contributed by atoms with Crippen LogP contribution in [0.3, 0.4) is 0 Å². The summed E-state index contributed by atoms with van der Waals surface area (Å²) in [5, 5.41) is 4.25. The maximum Gasteiger partial charge on any atom is 0.274 e. The lowest BCUT2D eigenvalue weighted by Crippen LogP contribution is -2.39. The molecule has 0 unspecified atom stereocenters. The molecule has 1 fully saturated rings. The van der Waals surface area contributed by atoms with E-state index in [0.717, 1.165) is 38.8 Å². The van der Waals surface area contributed by atoms with Crippen LogP contribution >= 0.6 is 0 Å². The molecule has 0 atom stereocenters. The molecule has 1 amide bonds. The van der Waals surface area contributed by atoms with Crippen LogP contribution in [-0.2, 0) is 13.0 Å². The van der Waals surface area contributed by atoms with Gasteiger partial charge in [-0.25, -0.2) is 4.68 Å². The van der Waals surface area contributed by atoms with Crippen molar-refractivity contribution in [1.82, 2.24) is 14.7 Å². The van der Waals surface area contributed by atoms with Gasteiger partial charge < -0.3 is 4.90 Å². The number of aromatic nitrogens is 2. The fraction of sp³-hybridized carbons (Fsp3) is 0.500. The molecule has 1 aromatic heterocycles. The van der Waals surface area contributed by atoms with Crippen LogP contribution in [0.15, 0.2) is 41.2 Å². The van der Waals surface area contributed by atoms with Crippen molar-refractivity contribution in [1.29, 1.82) is 0 Å². The Kier molecular flexibility index (Phi) is 6.43. The van der Waals surface area contributed by atoms with Gasteiger partial charge in [0.05, 0.1) is 0 Å². The number of nitrogens with zero attached hydrogens (tertiary/aromatic N) is 3.